The van der Waals surface area contributed by atoms with Crippen molar-refractivity contribution in [3.8, 4) is 0 Å². The zero-order valence-electron chi connectivity index (χ0n) is 8.15. The number of anilines is 1. The van der Waals surface area contributed by atoms with E-state index in [2.05, 4.69) is 15.3 Å². The maximum atomic E-state index is 12.6. The third-order valence-electron chi connectivity index (χ3n) is 1.75. The maximum absolute atomic E-state index is 12.6. The van der Waals surface area contributed by atoms with Crippen molar-refractivity contribution in [2.24, 2.45) is 0 Å². The van der Waals surface area contributed by atoms with E-state index in [9.17, 15) is 17.6 Å². The van der Waals surface area contributed by atoms with Crippen LogP contribution in [0.5, 0.6) is 0 Å². The van der Waals surface area contributed by atoms with Crippen LogP contribution >= 0.6 is 11.6 Å². The Kier molecular flexibility index (Phi) is 3.90. The number of nitrogens with zero attached hydrogens (tertiary/aromatic N) is 2. The Morgan fingerprint density at radius 3 is 2.69 bits per heavy atom. The van der Waals surface area contributed by atoms with E-state index in [1.165, 1.54) is 6.20 Å². The van der Waals surface area contributed by atoms with Crippen molar-refractivity contribution in [2.75, 3.05) is 11.9 Å². The van der Waals surface area contributed by atoms with Gasteiger partial charge in [-0.25, -0.2) is 18.7 Å². The van der Waals surface area contributed by atoms with E-state index in [1.807, 2.05) is 0 Å². The van der Waals surface area contributed by atoms with Crippen molar-refractivity contribution in [3.63, 3.8) is 0 Å². The molecule has 1 aromatic heterocycles. The molecule has 1 heterocycles. The van der Waals surface area contributed by atoms with Crippen molar-refractivity contribution in [3.05, 3.63) is 17.0 Å². The van der Waals surface area contributed by atoms with Crippen molar-refractivity contribution >= 4 is 17.4 Å². The van der Waals surface area contributed by atoms with Gasteiger partial charge in [0.05, 0.1) is 6.54 Å². The molecule has 8 heteroatoms. The first-order chi connectivity index (χ1) is 7.33. The Balaban J connectivity index is 2.71. The fourth-order valence-electron chi connectivity index (χ4n) is 0.878. The van der Waals surface area contributed by atoms with E-state index in [1.54, 1.807) is 6.92 Å². The van der Waals surface area contributed by atoms with E-state index in [4.69, 9.17) is 11.6 Å². The maximum Gasteiger partial charge on any atom is 0.324 e. The highest BCUT2D eigenvalue weighted by Gasteiger charge is 2.40. The molecule has 0 aliphatic carbocycles. The van der Waals surface area contributed by atoms with E-state index in [0.29, 0.717) is 5.56 Å². The van der Waals surface area contributed by atoms with Gasteiger partial charge >= 0.3 is 12.3 Å². The van der Waals surface area contributed by atoms with Gasteiger partial charge in [0.2, 0.25) is 5.28 Å². The van der Waals surface area contributed by atoms with Crippen LogP contribution < -0.4 is 5.32 Å². The van der Waals surface area contributed by atoms with Gasteiger partial charge in [-0.05, 0) is 18.5 Å². The van der Waals surface area contributed by atoms with Crippen LogP contribution in [0.4, 0.5) is 23.4 Å². The summed E-state index contributed by atoms with van der Waals surface area (Å²) in [5, 5.41) is 1.96. The zero-order valence-corrected chi connectivity index (χ0v) is 8.90. The summed E-state index contributed by atoms with van der Waals surface area (Å²) in [5.74, 6) is -4.09. The van der Waals surface area contributed by atoms with Gasteiger partial charge < -0.3 is 5.32 Å². The lowest BCUT2D eigenvalue weighted by Gasteiger charge is -2.16. The SMILES string of the molecule is Cc1cnc(Cl)nc1NCC(F)(F)C(F)F. The molecule has 1 aromatic rings. The quantitative estimate of drug-likeness (QED) is 0.666. The second-order valence-electron chi connectivity index (χ2n) is 3.09. The molecule has 0 unspecified atom stereocenters. The number of alkyl halides is 4. The highest BCUT2D eigenvalue weighted by molar-refractivity contribution is 6.28. The first-order valence-electron chi connectivity index (χ1n) is 4.22. The Labute approximate surface area is 93.8 Å². The minimum Gasteiger partial charge on any atom is -0.363 e. The smallest absolute Gasteiger partial charge is 0.324 e. The predicted molar refractivity (Wildman–Crippen MR) is 51.2 cm³/mol. The number of aryl methyl sites for hydroxylation is 1. The van der Waals surface area contributed by atoms with E-state index >= 15 is 0 Å². The molecular formula is C8H8ClF4N3. The summed E-state index contributed by atoms with van der Waals surface area (Å²) in [6, 6.07) is 0. The molecule has 90 valence electrons. The molecule has 0 atom stereocenters. The van der Waals surface area contributed by atoms with Gasteiger partial charge in [-0.3, -0.25) is 0 Å². The normalized spacial score (nSPS) is 11.9. The molecule has 3 nitrogen and oxygen atoms in total. The summed E-state index contributed by atoms with van der Waals surface area (Å²) in [5.41, 5.74) is 0.439. The standard InChI is InChI=1S/C8H8ClF4N3/c1-4-2-14-7(9)16-5(4)15-3-8(12,13)6(10)11/h2,6H,3H2,1H3,(H,14,15,16). The molecule has 0 aliphatic rings. The van der Waals surface area contributed by atoms with Crippen LogP contribution in [0.25, 0.3) is 0 Å². The van der Waals surface area contributed by atoms with Crippen LogP contribution in [0.2, 0.25) is 5.28 Å². The molecule has 0 amide bonds. The van der Waals surface area contributed by atoms with Crippen molar-refractivity contribution in [1.29, 1.82) is 0 Å². The molecule has 0 bridgehead atoms. The number of hydrogen-bond donors (Lipinski definition) is 1. The van der Waals surface area contributed by atoms with E-state index < -0.39 is 18.9 Å². The number of nitrogens with one attached hydrogen (secondary N) is 1. The lowest BCUT2D eigenvalue weighted by Crippen LogP contribution is -2.35. The van der Waals surface area contributed by atoms with Gasteiger partial charge in [0, 0.05) is 11.8 Å². The minimum absolute atomic E-state index is 0.0142. The topological polar surface area (TPSA) is 37.8 Å². The first kappa shape index (κ1) is 13.0. The molecule has 1 N–H and O–H groups in total. The number of aromatic nitrogens is 2. The summed E-state index contributed by atoms with van der Waals surface area (Å²) < 4.78 is 48.8. The van der Waals surface area contributed by atoms with Crippen LogP contribution in [0.15, 0.2) is 6.20 Å². The molecule has 0 aliphatic heterocycles. The predicted octanol–water partition coefficient (Wildman–Crippen LogP) is 2.75. The second kappa shape index (κ2) is 4.82. The molecule has 1 rings (SSSR count). The molecule has 0 saturated heterocycles. The summed E-state index contributed by atoms with van der Waals surface area (Å²) in [7, 11) is 0. The third kappa shape index (κ3) is 3.19. The van der Waals surface area contributed by atoms with Gasteiger partial charge in [0.15, 0.2) is 0 Å². The van der Waals surface area contributed by atoms with E-state index in [0.717, 1.165) is 0 Å². The highest BCUT2D eigenvalue weighted by Crippen LogP contribution is 2.23. The lowest BCUT2D eigenvalue weighted by atomic mass is 10.3. The van der Waals surface area contributed by atoms with Crippen LogP contribution in [0.1, 0.15) is 5.56 Å². The largest absolute Gasteiger partial charge is 0.363 e. The van der Waals surface area contributed by atoms with Gasteiger partial charge in [-0.1, -0.05) is 0 Å². The Bertz CT molecular complexity index is 372. The highest BCUT2D eigenvalue weighted by atomic mass is 35.5. The van der Waals surface area contributed by atoms with Gasteiger partial charge in [-0.15, -0.1) is 0 Å². The molecule has 0 fully saturated rings. The van der Waals surface area contributed by atoms with Crippen LogP contribution in [0, 0.1) is 6.92 Å². The third-order valence-corrected chi connectivity index (χ3v) is 1.94. The Morgan fingerprint density at radius 1 is 1.50 bits per heavy atom. The first-order valence-corrected chi connectivity index (χ1v) is 4.59. The summed E-state index contributed by atoms with van der Waals surface area (Å²) in [4.78, 5) is 7.20. The van der Waals surface area contributed by atoms with Crippen LogP contribution in [-0.2, 0) is 0 Å². The minimum atomic E-state index is -4.11. The van der Waals surface area contributed by atoms with Crippen molar-refractivity contribution in [2.45, 2.75) is 19.3 Å². The average Bonchev–Trinajstić information content (AvgIpc) is 2.19. The number of hydrogen-bond acceptors (Lipinski definition) is 3. The fourth-order valence-corrected chi connectivity index (χ4v) is 1.01. The molecule has 16 heavy (non-hydrogen) atoms. The van der Waals surface area contributed by atoms with Crippen molar-refractivity contribution < 1.29 is 17.6 Å². The Hall–Kier alpha value is -1.11. The van der Waals surface area contributed by atoms with Crippen LogP contribution in [-0.4, -0.2) is 28.9 Å². The second-order valence-corrected chi connectivity index (χ2v) is 3.42. The molecule has 0 spiro atoms. The molecule has 0 radical (unpaired) electrons. The van der Waals surface area contributed by atoms with Gasteiger partial charge in [-0.2, -0.15) is 8.78 Å². The van der Waals surface area contributed by atoms with Gasteiger partial charge in [0.1, 0.15) is 5.82 Å². The molecular weight excluding hydrogens is 250 g/mol. The monoisotopic (exact) mass is 257 g/mol. The fraction of sp³-hybridized carbons (Fsp3) is 0.500. The molecule has 0 saturated carbocycles. The summed E-state index contributed by atoms with van der Waals surface area (Å²) in [6.45, 7) is 0.331. The number of halogens is 5. The van der Waals surface area contributed by atoms with Crippen LogP contribution in [0.3, 0.4) is 0 Å². The van der Waals surface area contributed by atoms with Crippen molar-refractivity contribution in [1.82, 2.24) is 9.97 Å². The Morgan fingerprint density at radius 2 is 2.12 bits per heavy atom. The molecule has 0 aromatic carbocycles. The summed E-state index contributed by atoms with van der Waals surface area (Å²) in [6.07, 6.45) is -2.42. The van der Waals surface area contributed by atoms with E-state index in [-0.39, 0.29) is 11.1 Å². The number of rotatable bonds is 4. The summed E-state index contributed by atoms with van der Waals surface area (Å²) >= 11 is 5.43. The average molecular weight is 258 g/mol. The lowest BCUT2D eigenvalue weighted by molar-refractivity contribution is -0.117. The zero-order chi connectivity index (χ0) is 12.3. The van der Waals surface area contributed by atoms with Gasteiger partial charge in [0.25, 0.3) is 0 Å².